The number of esters is 1. The van der Waals surface area contributed by atoms with Gasteiger partial charge in [-0.3, -0.25) is 9.69 Å². The van der Waals surface area contributed by atoms with E-state index in [4.69, 9.17) is 9.47 Å². The van der Waals surface area contributed by atoms with Gasteiger partial charge in [-0.15, -0.1) is 0 Å². The third-order valence-electron chi connectivity index (χ3n) is 3.91. The van der Waals surface area contributed by atoms with Crippen LogP contribution in [0.1, 0.15) is 19.3 Å². The van der Waals surface area contributed by atoms with Gasteiger partial charge in [0.15, 0.2) is 0 Å². The van der Waals surface area contributed by atoms with Crippen LogP contribution in [0.15, 0.2) is 0 Å². The lowest BCUT2D eigenvalue weighted by Gasteiger charge is -2.34. The van der Waals surface area contributed by atoms with E-state index in [9.17, 15) is 4.79 Å². The molecule has 0 saturated carbocycles. The number of methoxy groups -OCH3 is 1. The number of cyclic esters (lactones) is 1. The number of hydrogen-bond donors (Lipinski definition) is 1. The van der Waals surface area contributed by atoms with Crippen LogP contribution in [-0.2, 0) is 14.3 Å². The molecule has 0 aromatic heterocycles. The van der Waals surface area contributed by atoms with Gasteiger partial charge in [0.05, 0.1) is 13.2 Å². The fourth-order valence-corrected chi connectivity index (χ4v) is 2.77. The highest BCUT2D eigenvalue weighted by molar-refractivity contribution is 5.77. The molecule has 0 aliphatic carbocycles. The van der Waals surface area contributed by atoms with Crippen LogP contribution in [-0.4, -0.2) is 63.4 Å². The van der Waals surface area contributed by atoms with Crippen molar-refractivity contribution in [3.63, 3.8) is 0 Å². The topological polar surface area (TPSA) is 50.8 Å². The maximum atomic E-state index is 11.5. The summed E-state index contributed by atoms with van der Waals surface area (Å²) in [5.74, 6) is 0.710. The van der Waals surface area contributed by atoms with E-state index >= 15 is 0 Å². The van der Waals surface area contributed by atoms with Gasteiger partial charge in [0.25, 0.3) is 0 Å². The number of rotatable bonds is 6. The van der Waals surface area contributed by atoms with Crippen molar-refractivity contribution in [3.05, 3.63) is 0 Å². The monoisotopic (exact) mass is 256 g/mol. The van der Waals surface area contributed by atoms with Crippen LogP contribution in [0.5, 0.6) is 0 Å². The van der Waals surface area contributed by atoms with Gasteiger partial charge in [0, 0.05) is 20.1 Å². The molecule has 1 N–H and O–H groups in total. The van der Waals surface area contributed by atoms with Crippen molar-refractivity contribution >= 4 is 5.97 Å². The van der Waals surface area contributed by atoms with E-state index in [0.29, 0.717) is 6.61 Å². The van der Waals surface area contributed by atoms with Crippen molar-refractivity contribution in [2.24, 2.45) is 5.92 Å². The lowest BCUT2D eigenvalue weighted by atomic mass is 9.95. The minimum atomic E-state index is -0.0216. The molecule has 2 aliphatic heterocycles. The third kappa shape index (κ3) is 3.67. The number of nitrogens with one attached hydrogen (secondary N) is 1. The molecule has 0 aromatic rings. The van der Waals surface area contributed by atoms with E-state index in [1.54, 1.807) is 7.11 Å². The highest BCUT2D eigenvalue weighted by Gasteiger charge is 2.34. The Morgan fingerprint density at radius 2 is 2.17 bits per heavy atom. The van der Waals surface area contributed by atoms with Gasteiger partial charge in [-0.25, -0.2) is 0 Å². The SMILES string of the molecule is COCCNCC1CCN(C2CCOC2=O)CC1. The van der Waals surface area contributed by atoms with Crippen molar-refractivity contribution in [1.82, 2.24) is 10.2 Å². The summed E-state index contributed by atoms with van der Waals surface area (Å²) in [4.78, 5) is 13.8. The number of likely N-dealkylation sites (tertiary alicyclic amines) is 1. The average molecular weight is 256 g/mol. The van der Waals surface area contributed by atoms with Crippen LogP contribution in [0.3, 0.4) is 0 Å². The van der Waals surface area contributed by atoms with Gasteiger partial charge in [0.2, 0.25) is 0 Å². The van der Waals surface area contributed by atoms with Crippen LogP contribution in [0.2, 0.25) is 0 Å². The third-order valence-corrected chi connectivity index (χ3v) is 3.91. The first-order valence-electron chi connectivity index (χ1n) is 6.91. The molecule has 18 heavy (non-hydrogen) atoms. The van der Waals surface area contributed by atoms with Crippen LogP contribution in [0.4, 0.5) is 0 Å². The van der Waals surface area contributed by atoms with Crippen molar-refractivity contribution < 1.29 is 14.3 Å². The summed E-state index contributed by atoms with van der Waals surface area (Å²) < 4.78 is 10.0. The van der Waals surface area contributed by atoms with Gasteiger partial charge in [-0.2, -0.15) is 0 Å². The number of nitrogens with zero attached hydrogens (tertiary/aromatic N) is 1. The molecule has 5 heteroatoms. The molecule has 2 saturated heterocycles. The smallest absolute Gasteiger partial charge is 0.323 e. The van der Waals surface area contributed by atoms with Crippen molar-refractivity contribution in [2.45, 2.75) is 25.3 Å². The van der Waals surface area contributed by atoms with Crippen LogP contribution < -0.4 is 5.32 Å². The first-order valence-corrected chi connectivity index (χ1v) is 6.91. The normalized spacial score (nSPS) is 26.5. The molecule has 0 aromatic carbocycles. The molecular formula is C13H24N2O3. The molecule has 2 heterocycles. The van der Waals surface area contributed by atoms with Gasteiger partial charge < -0.3 is 14.8 Å². The maximum absolute atomic E-state index is 11.5. The second-order valence-corrected chi connectivity index (χ2v) is 5.15. The minimum absolute atomic E-state index is 0.0216. The van der Waals surface area contributed by atoms with Gasteiger partial charge >= 0.3 is 5.97 Å². The predicted octanol–water partition coefficient (Wildman–Crippen LogP) is 0.250. The second-order valence-electron chi connectivity index (χ2n) is 5.15. The Hall–Kier alpha value is -0.650. The van der Waals surface area contributed by atoms with E-state index in [1.165, 1.54) is 12.8 Å². The summed E-state index contributed by atoms with van der Waals surface area (Å²) in [5, 5.41) is 3.41. The largest absolute Gasteiger partial charge is 0.464 e. The molecule has 2 fully saturated rings. The molecule has 0 amide bonds. The molecule has 1 unspecified atom stereocenters. The molecule has 104 valence electrons. The molecule has 0 radical (unpaired) electrons. The standard InChI is InChI=1S/C13H24N2O3/c1-17-9-5-14-10-11-2-6-15(7-3-11)12-4-8-18-13(12)16/h11-12,14H,2-10H2,1H3. The van der Waals surface area contributed by atoms with Crippen molar-refractivity contribution in [3.8, 4) is 0 Å². The lowest BCUT2D eigenvalue weighted by Crippen LogP contribution is -2.45. The summed E-state index contributed by atoms with van der Waals surface area (Å²) in [5.41, 5.74) is 0. The van der Waals surface area contributed by atoms with E-state index in [-0.39, 0.29) is 12.0 Å². The fourth-order valence-electron chi connectivity index (χ4n) is 2.77. The second kappa shape index (κ2) is 7.07. The van der Waals surface area contributed by atoms with E-state index in [1.807, 2.05) is 0 Å². The summed E-state index contributed by atoms with van der Waals surface area (Å²) >= 11 is 0. The Balaban J connectivity index is 1.63. The zero-order chi connectivity index (χ0) is 12.8. The molecule has 0 bridgehead atoms. The summed E-state index contributed by atoms with van der Waals surface area (Å²) in [7, 11) is 1.72. The number of piperidine rings is 1. The van der Waals surface area contributed by atoms with Gasteiger partial charge in [0.1, 0.15) is 6.04 Å². The number of carbonyl (C=O) groups is 1. The minimum Gasteiger partial charge on any atom is -0.464 e. The average Bonchev–Trinajstić information content (AvgIpc) is 2.82. The molecular weight excluding hydrogens is 232 g/mol. The molecule has 5 nitrogen and oxygen atoms in total. The van der Waals surface area contributed by atoms with E-state index in [2.05, 4.69) is 10.2 Å². The van der Waals surface area contributed by atoms with Gasteiger partial charge in [-0.1, -0.05) is 0 Å². The predicted molar refractivity (Wildman–Crippen MR) is 68.4 cm³/mol. The van der Waals surface area contributed by atoms with E-state index < -0.39 is 0 Å². The number of hydrogen-bond acceptors (Lipinski definition) is 5. The summed E-state index contributed by atoms with van der Waals surface area (Å²) in [6, 6.07) is 0.0346. The van der Waals surface area contributed by atoms with Crippen molar-refractivity contribution in [2.75, 3.05) is 46.5 Å². The highest BCUT2D eigenvalue weighted by atomic mass is 16.5. The van der Waals surface area contributed by atoms with Gasteiger partial charge in [-0.05, 0) is 38.4 Å². The molecule has 2 rings (SSSR count). The summed E-state index contributed by atoms with van der Waals surface area (Å²) in [6.07, 6.45) is 3.21. The first kappa shape index (κ1) is 13.8. The Morgan fingerprint density at radius 1 is 1.39 bits per heavy atom. The fraction of sp³-hybridized carbons (Fsp3) is 0.923. The Labute approximate surface area is 109 Å². The molecule has 1 atom stereocenters. The van der Waals surface area contributed by atoms with Crippen LogP contribution in [0.25, 0.3) is 0 Å². The Morgan fingerprint density at radius 3 is 2.78 bits per heavy atom. The number of carbonyl (C=O) groups excluding carboxylic acids is 1. The highest BCUT2D eigenvalue weighted by Crippen LogP contribution is 2.22. The summed E-state index contributed by atoms with van der Waals surface area (Å²) in [6.45, 7) is 5.40. The Kier molecular flexibility index (Phi) is 5.41. The van der Waals surface area contributed by atoms with Crippen LogP contribution >= 0.6 is 0 Å². The molecule has 0 spiro atoms. The lowest BCUT2D eigenvalue weighted by molar-refractivity contribution is -0.142. The first-order chi connectivity index (χ1) is 8.81. The van der Waals surface area contributed by atoms with E-state index in [0.717, 1.165) is 45.1 Å². The van der Waals surface area contributed by atoms with Crippen LogP contribution in [0, 0.1) is 5.92 Å². The zero-order valence-electron chi connectivity index (χ0n) is 11.2. The Bertz CT molecular complexity index is 265. The van der Waals surface area contributed by atoms with Crippen molar-refractivity contribution in [1.29, 1.82) is 0 Å². The maximum Gasteiger partial charge on any atom is 0.323 e. The quantitative estimate of drug-likeness (QED) is 0.545. The number of ether oxygens (including phenoxy) is 2. The molecule has 2 aliphatic rings. The zero-order valence-corrected chi connectivity index (χ0v) is 11.2.